The lowest BCUT2D eigenvalue weighted by molar-refractivity contribution is -0.432. The monoisotopic (exact) mass is 671 g/mol. The number of nitrogens with two attached hydrogens (primary N) is 1. The second-order valence-electron chi connectivity index (χ2n) is 9.41. The Labute approximate surface area is 259 Å². The van der Waals surface area contributed by atoms with Crippen LogP contribution in [0.25, 0.3) is 21.5 Å². The molecule has 6 N–H and O–H groups in total. The number of phenolic OH excluding ortho intramolecular Hbond substituents is 1. The van der Waals surface area contributed by atoms with Crippen LogP contribution in [0, 0.1) is 6.92 Å². The summed E-state index contributed by atoms with van der Waals surface area (Å²) in [4.78, 5) is -1.07. The molecule has 0 radical (unpaired) electrons. The summed E-state index contributed by atoms with van der Waals surface area (Å²) in [7, 11) is -9.32. The number of aryl methyl sites for hydroxylation is 1. The normalized spacial score (nSPS) is 12.6. The van der Waals surface area contributed by atoms with Crippen LogP contribution in [-0.2, 0) is 29.6 Å². The fraction of sp³-hybridized carbons (Fsp3) is 0.0370. The Balaban J connectivity index is 1.67. The van der Waals surface area contributed by atoms with Gasteiger partial charge in [-0.3, -0.25) is 9.11 Å². The lowest BCUT2D eigenvalue weighted by Gasteiger charge is -2.11. The topological polar surface area (TPSA) is 243 Å². The van der Waals surface area contributed by atoms with E-state index in [0.29, 0.717) is 28.8 Å². The molecule has 0 saturated carbocycles. The predicted octanol–water partition coefficient (Wildman–Crippen LogP) is 7.34. The summed E-state index contributed by atoms with van der Waals surface area (Å²) in [5, 5.41) is 40.9. The van der Waals surface area contributed by atoms with Crippen LogP contribution in [-0.4, -0.2) is 36.3 Å². The number of phenols is 1. The first-order valence-corrected chi connectivity index (χ1v) is 16.0. The van der Waals surface area contributed by atoms with Gasteiger partial charge in [0.05, 0.1) is 44.6 Å². The third-order valence-corrected chi connectivity index (χ3v) is 8.80. The smallest absolute Gasteiger partial charge is 0.296 e. The van der Waals surface area contributed by atoms with Crippen LogP contribution in [0.2, 0.25) is 0 Å². The first-order chi connectivity index (χ1) is 21.3. The molecule has 15 nitrogen and oxygen atoms in total. The first-order valence-electron chi connectivity index (χ1n) is 12.4. The van der Waals surface area contributed by atoms with E-state index in [1.54, 1.807) is 18.2 Å². The molecule has 0 unspecified atom stereocenters. The highest BCUT2D eigenvalue weighted by atomic mass is 32.2. The molecule has 0 aromatic heterocycles. The molecular formula is C27H21N5O10S3. The number of hydrogen-bond donors (Lipinski definition) is 5. The van der Waals surface area contributed by atoms with Crippen molar-refractivity contribution >= 4 is 82.3 Å². The summed E-state index contributed by atoms with van der Waals surface area (Å²) in [5.74, 6) is -0.541. The van der Waals surface area contributed by atoms with E-state index in [1.807, 2.05) is 19.1 Å². The largest absolute Gasteiger partial charge is 0.505 e. The Morgan fingerprint density at radius 2 is 1.42 bits per heavy atom. The van der Waals surface area contributed by atoms with E-state index in [0.717, 1.165) is 17.7 Å². The van der Waals surface area contributed by atoms with Gasteiger partial charge < -0.3 is 10.8 Å². The van der Waals surface area contributed by atoms with Gasteiger partial charge in [0.1, 0.15) is 10.6 Å². The Morgan fingerprint density at radius 3 is 2.07 bits per heavy atom. The maximum atomic E-state index is 11.9. The predicted molar refractivity (Wildman–Crippen MR) is 164 cm³/mol. The van der Waals surface area contributed by atoms with E-state index in [4.69, 9.17) is 11.0 Å². The fourth-order valence-electron chi connectivity index (χ4n) is 4.28. The van der Waals surface area contributed by atoms with E-state index in [1.165, 1.54) is 30.3 Å². The molecule has 45 heavy (non-hydrogen) atoms. The molecule has 0 amide bonds. The van der Waals surface area contributed by atoms with Crippen LogP contribution in [0.4, 0.5) is 28.4 Å². The van der Waals surface area contributed by atoms with Crippen molar-refractivity contribution in [3.63, 3.8) is 0 Å². The van der Waals surface area contributed by atoms with Crippen molar-refractivity contribution in [1.29, 1.82) is 0 Å². The Bertz CT molecular complexity index is 2240. The molecule has 0 aliphatic rings. The van der Waals surface area contributed by atoms with Crippen LogP contribution in [0.15, 0.2) is 108 Å². The van der Waals surface area contributed by atoms with E-state index in [-0.39, 0.29) is 38.1 Å². The van der Waals surface area contributed by atoms with Crippen molar-refractivity contribution in [2.45, 2.75) is 21.6 Å². The number of azo groups is 2. The summed E-state index contributed by atoms with van der Waals surface area (Å²) in [6, 6.07) is 17.5. The number of nitrogen functional groups attached to an aromatic ring is 1. The lowest BCUT2D eigenvalue weighted by atomic mass is 10.1. The van der Waals surface area contributed by atoms with Gasteiger partial charge in [0.15, 0.2) is 5.75 Å². The average molecular weight is 672 g/mol. The number of hydrogen-bond acceptors (Lipinski definition) is 14. The number of rotatable bonds is 9. The Morgan fingerprint density at radius 1 is 0.756 bits per heavy atom. The Kier molecular flexibility index (Phi) is 8.83. The van der Waals surface area contributed by atoms with Crippen molar-refractivity contribution in [1.82, 2.24) is 0 Å². The summed E-state index contributed by atoms with van der Waals surface area (Å²) >= 11 is 0.377. The van der Waals surface area contributed by atoms with Gasteiger partial charge in [-0.25, -0.2) is 5.26 Å². The van der Waals surface area contributed by atoms with Gasteiger partial charge in [-0.15, -0.1) is 19.7 Å². The maximum absolute atomic E-state index is 11.9. The molecular weight excluding hydrogens is 651 g/mol. The molecule has 18 heteroatoms. The standard InChI is InChI=1S/C27H21N5O10S3/c1-14-2-4-16(5-3-14)29-30-22-8-9-23(20-12-17(44(35,36)37)6-7-18(20)22)31-32-26-24(43-42-41-34)10-15-11-25(45(38,39)40)21(28)13-19(15)27(26)33/h2-13,33-34H,28H2,1H3,(H,35,36,37)(H,38,39,40). The van der Waals surface area contributed by atoms with Gasteiger partial charge in [0.2, 0.25) is 0 Å². The quantitative estimate of drug-likeness (QED) is 0.0258. The number of fused-ring (bicyclic) bond motifs is 2. The number of benzene rings is 5. The average Bonchev–Trinajstić information content (AvgIpc) is 2.98. The second kappa shape index (κ2) is 12.5. The summed E-state index contributed by atoms with van der Waals surface area (Å²) in [6.07, 6.45) is 0. The first kappa shape index (κ1) is 31.9. The van der Waals surface area contributed by atoms with E-state index in [9.17, 15) is 31.0 Å². The molecule has 0 heterocycles. The second-order valence-corrected chi connectivity index (χ2v) is 13.0. The zero-order chi connectivity index (χ0) is 32.5. The molecule has 5 aromatic rings. The summed E-state index contributed by atoms with van der Waals surface area (Å²) in [6.45, 7) is 1.93. The van der Waals surface area contributed by atoms with Crippen molar-refractivity contribution < 1.29 is 45.7 Å². The van der Waals surface area contributed by atoms with Gasteiger partial charge in [-0.05, 0) is 66.9 Å². The highest BCUT2D eigenvalue weighted by Crippen LogP contribution is 2.46. The summed E-state index contributed by atoms with van der Waals surface area (Å²) in [5.41, 5.74) is 7.22. The minimum absolute atomic E-state index is 0.0218. The van der Waals surface area contributed by atoms with Gasteiger partial charge in [0.25, 0.3) is 20.2 Å². The molecule has 0 atom stereocenters. The van der Waals surface area contributed by atoms with Gasteiger partial charge in [0, 0.05) is 16.2 Å². The molecule has 0 bridgehead atoms. The molecule has 5 rings (SSSR count). The van der Waals surface area contributed by atoms with Crippen molar-refractivity contribution in [3.05, 3.63) is 78.4 Å². The van der Waals surface area contributed by atoms with Crippen LogP contribution in [0.3, 0.4) is 0 Å². The van der Waals surface area contributed by atoms with Crippen LogP contribution in [0.5, 0.6) is 5.75 Å². The Hall–Kier alpha value is -4.53. The molecule has 5 aromatic carbocycles. The zero-order valence-electron chi connectivity index (χ0n) is 22.8. The van der Waals surface area contributed by atoms with E-state index in [2.05, 4.69) is 29.8 Å². The summed E-state index contributed by atoms with van der Waals surface area (Å²) < 4.78 is 71.0. The van der Waals surface area contributed by atoms with E-state index < -0.39 is 35.8 Å². The van der Waals surface area contributed by atoms with Gasteiger partial charge in [-0.1, -0.05) is 28.8 Å². The fourth-order valence-corrected chi connectivity index (χ4v) is 5.92. The molecule has 0 spiro atoms. The van der Waals surface area contributed by atoms with Gasteiger partial charge in [-0.2, -0.15) is 21.9 Å². The molecule has 0 fully saturated rings. The number of anilines is 1. The SMILES string of the molecule is Cc1ccc(N=Nc2ccc(N=Nc3c(SOOO)cc4cc(S(=O)(=O)O)c(N)cc4c3O)c3cc(S(=O)(=O)O)ccc23)cc1. The number of nitrogens with zero attached hydrogens (tertiary/aromatic N) is 4. The van der Waals surface area contributed by atoms with Crippen LogP contribution < -0.4 is 5.73 Å². The van der Waals surface area contributed by atoms with Crippen molar-refractivity contribution in [2.24, 2.45) is 20.5 Å². The molecule has 232 valence electrons. The van der Waals surface area contributed by atoms with Crippen molar-refractivity contribution in [2.75, 3.05) is 5.73 Å². The molecule has 0 aliphatic heterocycles. The molecule has 0 aliphatic carbocycles. The highest BCUT2D eigenvalue weighted by molar-refractivity contribution is 7.94. The van der Waals surface area contributed by atoms with E-state index >= 15 is 0 Å². The molecule has 0 saturated heterocycles. The number of aromatic hydroxyl groups is 1. The lowest BCUT2D eigenvalue weighted by Crippen LogP contribution is -2.03. The van der Waals surface area contributed by atoms with Gasteiger partial charge >= 0.3 is 0 Å². The third kappa shape index (κ3) is 6.92. The third-order valence-electron chi connectivity index (χ3n) is 6.42. The highest BCUT2D eigenvalue weighted by Gasteiger charge is 2.21. The van der Waals surface area contributed by atoms with Crippen LogP contribution >= 0.6 is 12.0 Å². The van der Waals surface area contributed by atoms with Crippen molar-refractivity contribution in [3.8, 4) is 5.75 Å². The minimum Gasteiger partial charge on any atom is -0.505 e. The minimum atomic E-state index is -4.71. The zero-order valence-corrected chi connectivity index (χ0v) is 25.2. The maximum Gasteiger partial charge on any atom is 0.296 e. The van der Waals surface area contributed by atoms with Crippen LogP contribution in [0.1, 0.15) is 5.56 Å².